The zero-order valence-electron chi connectivity index (χ0n) is 11.8. The lowest BCUT2D eigenvalue weighted by molar-refractivity contribution is 0.532. The molecule has 0 aliphatic heterocycles. The van der Waals surface area contributed by atoms with Crippen LogP contribution in [0.4, 0.5) is 5.13 Å². The molecular formula is C13H18N4OS. The summed E-state index contributed by atoms with van der Waals surface area (Å²) in [5, 5.41) is 9.98. The summed E-state index contributed by atoms with van der Waals surface area (Å²) in [5.41, 5.74) is 1.94. The minimum absolute atomic E-state index is 0.109. The third-order valence-corrected chi connectivity index (χ3v) is 3.69. The minimum atomic E-state index is -0.124. The molecular weight excluding hydrogens is 260 g/mol. The Balaban J connectivity index is 2.62. The molecule has 0 saturated carbocycles. The molecule has 0 aromatic carbocycles. The van der Waals surface area contributed by atoms with Crippen molar-refractivity contribution in [2.45, 2.75) is 26.2 Å². The zero-order chi connectivity index (χ0) is 14.2. The number of aryl methyl sites for hydroxylation is 1. The van der Waals surface area contributed by atoms with Crippen LogP contribution in [0.3, 0.4) is 0 Å². The van der Waals surface area contributed by atoms with Crippen LogP contribution >= 0.6 is 11.3 Å². The van der Waals surface area contributed by atoms with E-state index < -0.39 is 0 Å². The minimum Gasteiger partial charge on any atom is -0.365 e. The summed E-state index contributed by atoms with van der Waals surface area (Å²) >= 11 is 1.48. The Labute approximate surface area is 116 Å². The molecule has 0 unspecified atom stereocenters. The molecule has 0 fully saturated rings. The second kappa shape index (κ2) is 4.77. The van der Waals surface area contributed by atoms with Crippen molar-refractivity contribution in [2.75, 3.05) is 12.4 Å². The number of hydrogen-bond acceptors (Lipinski definition) is 5. The fraction of sp³-hybridized carbons (Fsp3) is 0.462. The van der Waals surface area contributed by atoms with E-state index in [1.165, 1.54) is 16.0 Å². The van der Waals surface area contributed by atoms with Crippen molar-refractivity contribution in [2.24, 2.45) is 7.05 Å². The van der Waals surface area contributed by atoms with Gasteiger partial charge in [-0.2, -0.15) is 5.10 Å². The van der Waals surface area contributed by atoms with Crippen molar-refractivity contribution >= 4 is 16.5 Å². The molecule has 0 bridgehead atoms. The molecule has 0 atom stereocenters. The first-order chi connectivity index (χ1) is 8.82. The fourth-order valence-electron chi connectivity index (χ4n) is 1.67. The van der Waals surface area contributed by atoms with Gasteiger partial charge in [0.05, 0.1) is 17.0 Å². The van der Waals surface area contributed by atoms with Gasteiger partial charge in [0.1, 0.15) is 0 Å². The van der Waals surface area contributed by atoms with Gasteiger partial charge in [0.2, 0.25) is 0 Å². The van der Waals surface area contributed by atoms with Gasteiger partial charge in [0, 0.05) is 24.9 Å². The zero-order valence-corrected chi connectivity index (χ0v) is 12.6. The van der Waals surface area contributed by atoms with Crippen molar-refractivity contribution < 1.29 is 0 Å². The Morgan fingerprint density at radius 1 is 1.37 bits per heavy atom. The van der Waals surface area contributed by atoms with Crippen LogP contribution in [-0.2, 0) is 12.5 Å². The Morgan fingerprint density at radius 3 is 2.58 bits per heavy atom. The van der Waals surface area contributed by atoms with Crippen LogP contribution in [0.5, 0.6) is 0 Å². The molecule has 2 heterocycles. The fourth-order valence-corrected chi connectivity index (χ4v) is 2.34. The Bertz CT molecular complexity index is 651. The highest BCUT2D eigenvalue weighted by Gasteiger charge is 2.20. The molecule has 5 nitrogen and oxygen atoms in total. The Morgan fingerprint density at radius 2 is 2.05 bits per heavy atom. The summed E-state index contributed by atoms with van der Waals surface area (Å²) in [6.07, 6.45) is 0. The molecule has 2 aromatic rings. The average Bonchev–Trinajstić information content (AvgIpc) is 2.79. The molecule has 0 spiro atoms. The molecule has 102 valence electrons. The summed E-state index contributed by atoms with van der Waals surface area (Å²) < 4.78 is 1.38. The van der Waals surface area contributed by atoms with Crippen LogP contribution in [0, 0.1) is 0 Å². The predicted molar refractivity (Wildman–Crippen MR) is 78.8 cm³/mol. The van der Waals surface area contributed by atoms with E-state index in [1.54, 1.807) is 7.05 Å². The van der Waals surface area contributed by atoms with Crippen LogP contribution in [0.15, 0.2) is 16.2 Å². The molecule has 0 amide bonds. The van der Waals surface area contributed by atoms with Gasteiger partial charge >= 0.3 is 0 Å². The van der Waals surface area contributed by atoms with Gasteiger partial charge in [-0.3, -0.25) is 4.79 Å². The van der Waals surface area contributed by atoms with Crippen LogP contribution in [0.2, 0.25) is 0 Å². The molecule has 0 radical (unpaired) electrons. The van der Waals surface area contributed by atoms with E-state index in [2.05, 4.69) is 36.2 Å². The number of nitrogens with zero attached hydrogens (tertiary/aromatic N) is 3. The number of nitrogens with one attached hydrogen (secondary N) is 1. The summed E-state index contributed by atoms with van der Waals surface area (Å²) in [4.78, 5) is 16.6. The Hall–Kier alpha value is -1.69. The van der Waals surface area contributed by atoms with E-state index in [9.17, 15) is 4.79 Å². The highest BCUT2D eigenvalue weighted by molar-refractivity contribution is 7.14. The van der Waals surface area contributed by atoms with Crippen LogP contribution in [-0.4, -0.2) is 21.8 Å². The SMILES string of the molecule is CNc1nc(-c2cc(C(C)(C)C)nn(C)c2=O)cs1. The third kappa shape index (κ3) is 2.68. The molecule has 19 heavy (non-hydrogen) atoms. The quantitative estimate of drug-likeness (QED) is 0.915. The largest absolute Gasteiger partial charge is 0.365 e. The van der Waals surface area contributed by atoms with Gasteiger partial charge in [-0.25, -0.2) is 9.67 Å². The van der Waals surface area contributed by atoms with Crippen molar-refractivity contribution in [1.82, 2.24) is 14.8 Å². The van der Waals surface area contributed by atoms with Gasteiger partial charge in [-0.05, 0) is 6.07 Å². The molecule has 0 aliphatic rings. The lowest BCUT2D eigenvalue weighted by Crippen LogP contribution is -2.26. The maximum atomic E-state index is 12.2. The third-order valence-electron chi connectivity index (χ3n) is 2.83. The van der Waals surface area contributed by atoms with Gasteiger partial charge < -0.3 is 5.32 Å². The van der Waals surface area contributed by atoms with Gasteiger partial charge in [0.15, 0.2) is 5.13 Å². The standard InChI is InChI=1S/C13H18N4OS/c1-13(2,3)10-6-8(11(18)17(5)16-10)9-7-19-12(14-4)15-9/h6-7H,1-5H3,(H,14,15). The monoisotopic (exact) mass is 278 g/mol. The first-order valence-corrected chi connectivity index (χ1v) is 6.93. The van der Waals surface area contributed by atoms with E-state index >= 15 is 0 Å². The summed E-state index contributed by atoms with van der Waals surface area (Å²) in [5.74, 6) is 0. The maximum absolute atomic E-state index is 12.2. The number of anilines is 1. The summed E-state index contributed by atoms with van der Waals surface area (Å²) in [7, 11) is 3.49. The number of hydrogen-bond donors (Lipinski definition) is 1. The van der Waals surface area contributed by atoms with E-state index in [0.717, 1.165) is 10.8 Å². The lowest BCUT2D eigenvalue weighted by atomic mass is 9.91. The van der Waals surface area contributed by atoms with Gasteiger partial charge in [-0.1, -0.05) is 20.8 Å². The lowest BCUT2D eigenvalue weighted by Gasteiger charge is -2.18. The first-order valence-electron chi connectivity index (χ1n) is 6.05. The van der Waals surface area contributed by atoms with Crippen LogP contribution in [0.1, 0.15) is 26.5 Å². The molecule has 0 aliphatic carbocycles. The topological polar surface area (TPSA) is 59.8 Å². The average molecular weight is 278 g/mol. The smallest absolute Gasteiger partial charge is 0.275 e. The number of aromatic nitrogens is 3. The normalized spacial score (nSPS) is 11.6. The molecule has 2 rings (SSSR count). The van der Waals surface area contributed by atoms with Gasteiger partial charge in [-0.15, -0.1) is 11.3 Å². The number of thiazole rings is 1. The summed E-state index contributed by atoms with van der Waals surface area (Å²) in [6.45, 7) is 6.22. The number of rotatable bonds is 2. The maximum Gasteiger partial charge on any atom is 0.275 e. The van der Waals surface area contributed by atoms with Crippen molar-refractivity contribution in [3.05, 3.63) is 27.5 Å². The van der Waals surface area contributed by atoms with Crippen molar-refractivity contribution in [3.63, 3.8) is 0 Å². The van der Waals surface area contributed by atoms with E-state index in [4.69, 9.17) is 0 Å². The molecule has 0 saturated heterocycles. The van der Waals surface area contributed by atoms with Crippen molar-refractivity contribution in [3.8, 4) is 11.3 Å². The summed E-state index contributed by atoms with van der Waals surface area (Å²) in [6, 6.07) is 1.84. The highest BCUT2D eigenvalue weighted by atomic mass is 32.1. The Kier molecular flexibility index (Phi) is 3.45. The molecule has 6 heteroatoms. The van der Waals surface area contributed by atoms with Crippen LogP contribution in [0.25, 0.3) is 11.3 Å². The van der Waals surface area contributed by atoms with E-state index in [-0.39, 0.29) is 11.0 Å². The van der Waals surface area contributed by atoms with E-state index in [1.807, 2.05) is 18.5 Å². The molecule has 1 N–H and O–H groups in total. The highest BCUT2D eigenvalue weighted by Crippen LogP contribution is 2.25. The van der Waals surface area contributed by atoms with E-state index in [0.29, 0.717) is 11.3 Å². The van der Waals surface area contributed by atoms with Crippen LogP contribution < -0.4 is 10.9 Å². The van der Waals surface area contributed by atoms with Crippen molar-refractivity contribution in [1.29, 1.82) is 0 Å². The molecule has 2 aromatic heterocycles. The second-order valence-corrected chi connectivity index (χ2v) is 6.27. The second-order valence-electron chi connectivity index (χ2n) is 5.41. The first kappa shape index (κ1) is 13.7. The van der Waals surface area contributed by atoms with Gasteiger partial charge in [0.25, 0.3) is 5.56 Å². The predicted octanol–water partition coefficient (Wildman–Crippen LogP) is 2.24.